The zero-order valence-electron chi connectivity index (χ0n) is 13.5. The minimum Gasteiger partial charge on any atom is -0.444 e. The van der Waals surface area contributed by atoms with E-state index in [0.29, 0.717) is 0 Å². The lowest BCUT2D eigenvalue weighted by molar-refractivity contribution is 0.0263. The largest absolute Gasteiger partial charge is 0.444 e. The highest BCUT2D eigenvalue weighted by molar-refractivity contribution is 5.69. The first-order valence-corrected chi connectivity index (χ1v) is 7.70. The number of hydrogen-bond acceptors (Lipinski definition) is 3. The van der Waals surface area contributed by atoms with Gasteiger partial charge in [-0.05, 0) is 45.4 Å². The van der Waals surface area contributed by atoms with Crippen LogP contribution in [0.4, 0.5) is 4.79 Å². The molecular formula is C16H29NO3. The maximum absolute atomic E-state index is 12.2. The van der Waals surface area contributed by atoms with Gasteiger partial charge < -0.3 is 15.2 Å². The van der Waals surface area contributed by atoms with Crippen molar-refractivity contribution < 1.29 is 14.6 Å². The third-order valence-corrected chi connectivity index (χ3v) is 5.30. The van der Waals surface area contributed by atoms with E-state index < -0.39 is 5.60 Å². The minimum atomic E-state index is -0.491. The van der Waals surface area contributed by atoms with E-state index in [-0.39, 0.29) is 29.1 Å². The maximum atomic E-state index is 12.2. The molecule has 0 aliphatic heterocycles. The predicted octanol–water partition coefficient (Wildman–Crippen LogP) is 3.23. The number of aliphatic hydroxyl groups excluding tert-OH is 1. The van der Waals surface area contributed by atoms with Crippen molar-refractivity contribution in [3.05, 3.63) is 0 Å². The van der Waals surface area contributed by atoms with Crippen LogP contribution in [0.15, 0.2) is 0 Å². The van der Waals surface area contributed by atoms with E-state index in [1.165, 1.54) is 0 Å². The van der Waals surface area contributed by atoms with Gasteiger partial charge in [-0.2, -0.15) is 0 Å². The first-order valence-electron chi connectivity index (χ1n) is 7.70. The fourth-order valence-corrected chi connectivity index (χ4v) is 4.15. The van der Waals surface area contributed by atoms with Crippen LogP contribution in [-0.4, -0.2) is 28.9 Å². The first-order chi connectivity index (χ1) is 9.08. The van der Waals surface area contributed by atoms with Gasteiger partial charge in [0.15, 0.2) is 0 Å². The van der Waals surface area contributed by atoms with Crippen LogP contribution >= 0.6 is 0 Å². The van der Waals surface area contributed by atoms with Gasteiger partial charge in [0.2, 0.25) is 0 Å². The Bertz CT molecular complexity index is 391. The molecule has 4 heteroatoms. The van der Waals surface area contributed by atoms with E-state index in [1.807, 2.05) is 20.8 Å². The molecule has 1 amide bonds. The Morgan fingerprint density at radius 1 is 1.25 bits per heavy atom. The van der Waals surface area contributed by atoms with Crippen LogP contribution in [0, 0.1) is 10.8 Å². The van der Waals surface area contributed by atoms with Crippen molar-refractivity contribution in [3.63, 3.8) is 0 Å². The van der Waals surface area contributed by atoms with Crippen LogP contribution in [0.5, 0.6) is 0 Å². The number of amides is 1. The number of carbonyl (C=O) groups excluding carboxylic acids is 1. The van der Waals surface area contributed by atoms with Crippen molar-refractivity contribution >= 4 is 6.09 Å². The van der Waals surface area contributed by atoms with Crippen molar-refractivity contribution in [1.29, 1.82) is 0 Å². The fourth-order valence-electron chi connectivity index (χ4n) is 4.15. The summed E-state index contributed by atoms with van der Waals surface area (Å²) in [5.74, 6) is 0. The molecule has 0 heterocycles. The Balaban J connectivity index is 2.18. The molecule has 1 unspecified atom stereocenters. The molecule has 20 heavy (non-hydrogen) atoms. The smallest absolute Gasteiger partial charge is 0.408 e. The van der Waals surface area contributed by atoms with Crippen LogP contribution in [0.2, 0.25) is 0 Å². The van der Waals surface area contributed by atoms with Crippen LogP contribution in [0.1, 0.15) is 66.7 Å². The number of nitrogens with one attached hydrogen (secondary N) is 1. The second-order valence-corrected chi connectivity index (χ2v) is 8.22. The molecular weight excluding hydrogens is 254 g/mol. The normalized spacial score (nSPS) is 30.9. The summed E-state index contributed by atoms with van der Waals surface area (Å²) in [5.41, 5.74) is -0.891. The van der Waals surface area contributed by atoms with Gasteiger partial charge in [-0.3, -0.25) is 0 Å². The van der Waals surface area contributed by atoms with Gasteiger partial charge >= 0.3 is 6.09 Å². The Labute approximate surface area is 122 Å². The highest BCUT2D eigenvalue weighted by Crippen LogP contribution is 2.71. The highest BCUT2D eigenvalue weighted by atomic mass is 16.6. The first kappa shape index (κ1) is 15.6. The molecule has 0 aromatic heterocycles. The monoisotopic (exact) mass is 283 g/mol. The molecule has 2 saturated carbocycles. The number of hydrogen-bond donors (Lipinski definition) is 2. The van der Waals surface area contributed by atoms with Crippen LogP contribution < -0.4 is 5.32 Å². The van der Waals surface area contributed by atoms with Gasteiger partial charge in [-0.1, -0.05) is 26.7 Å². The third-order valence-electron chi connectivity index (χ3n) is 5.30. The minimum absolute atomic E-state index is 0.0844. The van der Waals surface area contributed by atoms with Gasteiger partial charge in [0.05, 0.1) is 12.1 Å². The molecule has 2 aliphatic rings. The average Bonchev–Trinajstić information content (AvgIpc) is 2.66. The molecule has 0 bridgehead atoms. The van der Waals surface area contributed by atoms with Gasteiger partial charge in [0.1, 0.15) is 5.60 Å². The summed E-state index contributed by atoms with van der Waals surface area (Å²) in [6.07, 6.45) is 4.70. The van der Waals surface area contributed by atoms with Crippen LogP contribution in [0.25, 0.3) is 0 Å². The van der Waals surface area contributed by atoms with E-state index in [2.05, 4.69) is 19.2 Å². The van der Waals surface area contributed by atoms with E-state index in [9.17, 15) is 9.90 Å². The van der Waals surface area contributed by atoms with Crippen LogP contribution in [-0.2, 0) is 4.74 Å². The molecule has 2 rings (SSSR count). The molecule has 4 nitrogen and oxygen atoms in total. The summed E-state index contributed by atoms with van der Waals surface area (Å²) in [6.45, 7) is 10.1. The van der Waals surface area contributed by atoms with E-state index >= 15 is 0 Å². The Hall–Kier alpha value is -0.770. The Morgan fingerprint density at radius 2 is 1.75 bits per heavy atom. The molecule has 0 aromatic carbocycles. The van der Waals surface area contributed by atoms with E-state index in [0.717, 1.165) is 32.1 Å². The lowest BCUT2D eigenvalue weighted by atomic mass is 9.75. The Kier molecular flexibility index (Phi) is 3.61. The van der Waals surface area contributed by atoms with Crippen molar-refractivity contribution in [2.75, 3.05) is 6.61 Å². The van der Waals surface area contributed by atoms with Crippen LogP contribution in [0.3, 0.4) is 0 Å². The quantitative estimate of drug-likeness (QED) is 0.836. The average molecular weight is 283 g/mol. The van der Waals surface area contributed by atoms with Crippen molar-refractivity contribution in [3.8, 4) is 0 Å². The topological polar surface area (TPSA) is 58.6 Å². The SMILES string of the molecule is CC(C)(C)OC(=O)NC1(C2(CO)CC2(C)C)CCCC1. The number of alkyl carbamates (subject to hydrolysis) is 1. The fraction of sp³-hybridized carbons (Fsp3) is 0.938. The van der Waals surface area contributed by atoms with Gasteiger partial charge in [0, 0.05) is 5.41 Å². The summed E-state index contributed by atoms with van der Waals surface area (Å²) in [4.78, 5) is 12.2. The second-order valence-electron chi connectivity index (χ2n) is 8.22. The standard InChI is InChI=1S/C16H29NO3/c1-13(2,3)20-12(19)17-16(8-6-7-9-16)15(11-18)10-14(15,4)5/h18H,6-11H2,1-5H3,(H,17,19). The van der Waals surface area contributed by atoms with Gasteiger partial charge in [-0.25, -0.2) is 4.79 Å². The predicted molar refractivity (Wildman–Crippen MR) is 78.5 cm³/mol. The zero-order valence-corrected chi connectivity index (χ0v) is 13.5. The second kappa shape index (κ2) is 4.62. The summed E-state index contributed by atoms with van der Waals surface area (Å²) < 4.78 is 5.43. The summed E-state index contributed by atoms with van der Waals surface area (Å²) in [6, 6.07) is 0. The molecule has 2 N–H and O–H groups in total. The highest BCUT2D eigenvalue weighted by Gasteiger charge is 2.71. The molecule has 0 spiro atoms. The van der Waals surface area contributed by atoms with E-state index in [1.54, 1.807) is 0 Å². The van der Waals surface area contributed by atoms with Gasteiger partial charge in [0.25, 0.3) is 0 Å². The number of ether oxygens (including phenoxy) is 1. The number of aliphatic hydroxyl groups is 1. The maximum Gasteiger partial charge on any atom is 0.408 e. The van der Waals surface area contributed by atoms with Gasteiger partial charge in [-0.15, -0.1) is 0 Å². The number of rotatable bonds is 3. The summed E-state index contributed by atoms with van der Waals surface area (Å²) in [5, 5.41) is 13.1. The Morgan fingerprint density at radius 3 is 2.10 bits per heavy atom. The molecule has 2 fully saturated rings. The zero-order chi connectivity index (χ0) is 15.2. The van der Waals surface area contributed by atoms with Crippen molar-refractivity contribution in [2.24, 2.45) is 10.8 Å². The summed E-state index contributed by atoms with van der Waals surface area (Å²) in [7, 11) is 0. The van der Waals surface area contributed by atoms with E-state index in [4.69, 9.17) is 4.74 Å². The molecule has 0 radical (unpaired) electrons. The molecule has 116 valence electrons. The van der Waals surface area contributed by atoms with Crippen molar-refractivity contribution in [1.82, 2.24) is 5.32 Å². The van der Waals surface area contributed by atoms with Crippen molar-refractivity contribution in [2.45, 2.75) is 77.9 Å². The molecule has 0 aromatic rings. The summed E-state index contributed by atoms with van der Waals surface area (Å²) >= 11 is 0. The lowest BCUT2D eigenvalue weighted by Crippen LogP contribution is -2.56. The molecule has 1 atom stereocenters. The molecule has 0 saturated heterocycles. The molecule has 2 aliphatic carbocycles. The number of carbonyl (C=O) groups is 1. The third kappa shape index (κ3) is 2.43. The lowest BCUT2D eigenvalue weighted by Gasteiger charge is -2.41.